The van der Waals surface area contributed by atoms with Gasteiger partial charge in [0, 0.05) is 18.2 Å². The number of ketones is 1. The minimum atomic E-state index is -0.881. The van der Waals surface area contributed by atoms with Gasteiger partial charge in [0.15, 0.2) is 5.75 Å². The summed E-state index contributed by atoms with van der Waals surface area (Å²) < 4.78 is 4.95. The van der Waals surface area contributed by atoms with E-state index in [1.165, 1.54) is 12.1 Å². The lowest BCUT2D eigenvalue weighted by molar-refractivity contribution is -0.147. The van der Waals surface area contributed by atoms with Crippen LogP contribution in [0.3, 0.4) is 0 Å². The van der Waals surface area contributed by atoms with Crippen molar-refractivity contribution in [1.29, 1.82) is 0 Å². The van der Waals surface area contributed by atoms with E-state index in [1.54, 1.807) is 6.07 Å². The standard InChI is InChI=1S/C14H20N2O3/c1-2-3-4-5-6-12(17)14(18)19-13-9-10(15)7-8-11(13)16/h7-9H,2-6,15-16H2,1H3. The summed E-state index contributed by atoms with van der Waals surface area (Å²) in [5, 5.41) is 0. The molecule has 0 spiro atoms. The van der Waals surface area contributed by atoms with Crippen LogP contribution in [0.25, 0.3) is 0 Å². The number of Topliss-reactive ketones (excluding diaryl/α,β-unsaturated/α-hetero) is 1. The predicted molar refractivity (Wildman–Crippen MR) is 74.7 cm³/mol. The van der Waals surface area contributed by atoms with Gasteiger partial charge in [-0.3, -0.25) is 4.79 Å². The molecule has 4 N–H and O–H groups in total. The minimum Gasteiger partial charge on any atom is -0.419 e. The van der Waals surface area contributed by atoms with E-state index in [4.69, 9.17) is 16.2 Å². The molecule has 0 amide bonds. The van der Waals surface area contributed by atoms with Crippen molar-refractivity contribution in [3.05, 3.63) is 18.2 Å². The summed E-state index contributed by atoms with van der Waals surface area (Å²) in [5.74, 6) is -1.28. The maximum Gasteiger partial charge on any atom is 0.380 e. The Balaban J connectivity index is 2.49. The van der Waals surface area contributed by atoms with Gasteiger partial charge in [-0.1, -0.05) is 26.2 Å². The topological polar surface area (TPSA) is 95.4 Å². The molecule has 0 unspecified atom stereocenters. The molecule has 0 bridgehead atoms. The SMILES string of the molecule is CCCCCCC(=O)C(=O)Oc1cc(N)ccc1N. The van der Waals surface area contributed by atoms with Crippen molar-refractivity contribution in [1.82, 2.24) is 0 Å². The quantitative estimate of drug-likeness (QED) is 0.259. The smallest absolute Gasteiger partial charge is 0.380 e. The fourth-order valence-corrected chi connectivity index (χ4v) is 1.61. The molecule has 0 aliphatic carbocycles. The van der Waals surface area contributed by atoms with E-state index in [1.807, 2.05) is 0 Å². The number of rotatable bonds is 7. The summed E-state index contributed by atoms with van der Waals surface area (Å²) in [6.45, 7) is 2.08. The molecular formula is C14H20N2O3. The fraction of sp³-hybridized carbons (Fsp3) is 0.429. The van der Waals surface area contributed by atoms with Gasteiger partial charge in [-0.05, 0) is 18.6 Å². The Morgan fingerprint density at radius 2 is 1.89 bits per heavy atom. The third-order valence-corrected chi connectivity index (χ3v) is 2.73. The molecule has 5 heteroatoms. The highest BCUT2D eigenvalue weighted by atomic mass is 16.5. The highest BCUT2D eigenvalue weighted by molar-refractivity contribution is 6.34. The van der Waals surface area contributed by atoms with Gasteiger partial charge < -0.3 is 16.2 Å². The van der Waals surface area contributed by atoms with Crippen molar-refractivity contribution in [2.45, 2.75) is 39.0 Å². The largest absolute Gasteiger partial charge is 0.419 e. The molecule has 1 aromatic carbocycles. The molecule has 0 saturated carbocycles. The Bertz CT molecular complexity index is 458. The van der Waals surface area contributed by atoms with Gasteiger partial charge in [0.05, 0.1) is 5.69 Å². The van der Waals surface area contributed by atoms with Crippen molar-refractivity contribution < 1.29 is 14.3 Å². The second-order valence-electron chi connectivity index (χ2n) is 4.42. The molecule has 1 aromatic rings. The summed E-state index contributed by atoms with van der Waals surface area (Å²) in [7, 11) is 0. The zero-order valence-electron chi connectivity index (χ0n) is 11.1. The molecule has 0 radical (unpaired) electrons. The number of hydrogen-bond donors (Lipinski definition) is 2. The lowest BCUT2D eigenvalue weighted by Crippen LogP contribution is -2.20. The highest BCUT2D eigenvalue weighted by Gasteiger charge is 2.17. The fourth-order valence-electron chi connectivity index (χ4n) is 1.61. The van der Waals surface area contributed by atoms with Crippen molar-refractivity contribution in [2.75, 3.05) is 11.5 Å². The molecule has 0 heterocycles. The van der Waals surface area contributed by atoms with E-state index in [0.29, 0.717) is 12.1 Å². The Hall–Kier alpha value is -2.04. The number of benzene rings is 1. The number of nitrogens with two attached hydrogens (primary N) is 2. The number of anilines is 2. The van der Waals surface area contributed by atoms with Crippen LogP contribution in [0, 0.1) is 0 Å². The van der Waals surface area contributed by atoms with E-state index in [0.717, 1.165) is 19.3 Å². The van der Waals surface area contributed by atoms with Gasteiger partial charge in [-0.25, -0.2) is 4.79 Å². The van der Waals surface area contributed by atoms with Gasteiger partial charge in [-0.15, -0.1) is 0 Å². The van der Waals surface area contributed by atoms with Crippen LogP contribution in [0.1, 0.15) is 39.0 Å². The van der Waals surface area contributed by atoms with Crippen molar-refractivity contribution >= 4 is 23.1 Å². The maximum absolute atomic E-state index is 11.6. The van der Waals surface area contributed by atoms with Crippen LogP contribution in [0.4, 0.5) is 11.4 Å². The number of carbonyl (C=O) groups is 2. The van der Waals surface area contributed by atoms with E-state index in [9.17, 15) is 9.59 Å². The Morgan fingerprint density at radius 3 is 2.58 bits per heavy atom. The zero-order valence-corrected chi connectivity index (χ0v) is 11.1. The average Bonchev–Trinajstić information content (AvgIpc) is 2.38. The second-order valence-corrected chi connectivity index (χ2v) is 4.42. The van der Waals surface area contributed by atoms with E-state index in [-0.39, 0.29) is 17.9 Å². The van der Waals surface area contributed by atoms with Crippen LogP contribution in [0.5, 0.6) is 5.75 Å². The van der Waals surface area contributed by atoms with Crippen LogP contribution in [0.2, 0.25) is 0 Å². The summed E-state index contributed by atoms with van der Waals surface area (Å²) in [4.78, 5) is 23.1. The normalized spacial score (nSPS) is 10.2. The zero-order chi connectivity index (χ0) is 14.3. The first-order valence-corrected chi connectivity index (χ1v) is 6.44. The van der Waals surface area contributed by atoms with Gasteiger partial charge >= 0.3 is 5.97 Å². The monoisotopic (exact) mass is 264 g/mol. The number of esters is 1. The van der Waals surface area contributed by atoms with Gasteiger partial charge in [0.1, 0.15) is 0 Å². The third-order valence-electron chi connectivity index (χ3n) is 2.73. The Labute approximate surface area is 112 Å². The predicted octanol–water partition coefficient (Wildman–Crippen LogP) is 2.30. The molecule has 104 valence electrons. The van der Waals surface area contributed by atoms with Gasteiger partial charge in [-0.2, -0.15) is 0 Å². The lowest BCUT2D eigenvalue weighted by atomic mass is 10.1. The second kappa shape index (κ2) is 7.41. The Kier molecular flexibility index (Phi) is 5.85. The van der Waals surface area contributed by atoms with Crippen LogP contribution in [-0.2, 0) is 9.59 Å². The molecule has 0 atom stereocenters. The molecule has 0 aromatic heterocycles. The van der Waals surface area contributed by atoms with Crippen LogP contribution in [-0.4, -0.2) is 11.8 Å². The van der Waals surface area contributed by atoms with E-state index < -0.39 is 11.8 Å². The van der Waals surface area contributed by atoms with Crippen molar-refractivity contribution in [3.63, 3.8) is 0 Å². The third kappa shape index (κ3) is 4.99. The molecule has 19 heavy (non-hydrogen) atoms. The molecule has 5 nitrogen and oxygen atoms in total. The number of unbranched alkanes of at least 4 members (excludes halogenated alkanes) is 3. The lowest BCUT2D eigenvalue weighted by Gasteiger charge is -2.07. The maximum atomic E-state index is 11.6. The molecule has 0 saturated heterocycles. The molecule has 1 rings (SSSR count). The summed E-state index contributed by atoms with van der Waals surface area (Å²) in [6.07, 6.45) is 3.99. The number of hydrogen-bond acceptors (Lipinski definition) is 5. The highest BCUT2D eigenvalue weighted by Crippen LogP contribution is 2.24. The average molecular weight is 264 g/mol. The molecular weight excluding hydrogens is 244 g/mol. The first kappa shape index (κ1) is 15.0. The minimum absolute atomic E-state index is 0.131. The van der Waals surface area contributed by atoms with Gasteiger partial charge in [0.2, 0.25) is 5.78 Å². The van der Waals surface area contributed by atoms with Crippen LogP contribution in [0.15, 0.2) is 18.2 Å². The molecule has 0 fully saturated rings. The van der Waals surface area contributed by atoms with Crippen LogP contribution >= 0.6 is 0 Å². The molecule has 0 aliphatic rings. The van der Waals surface area contributed by atoms with Gasteiger partial charge in [0.25, 0.3) is 0 Å². The summed E-state index contributed by atoms with van der Waals surface area (Å²) in [6, 6.07) is 4.56. The summed E-state index contributed by atoms with van der Waals surface area (Å²) in [5.41, 5.74) is 11.9. The number of carbonyl (C=O) groups excluding carboxylic acids is 2. The van der Waals surface area contributed by atoms with E-state index in [2.05, 4.69) is 6.92 Å². The number of nitrogen functional groups attached to an aromatic ring is 2. The van der Waals surface area contributed by atoms with Crippen molar-refractivity contribution in [2.24, 2.45) is 0 Å². The molecule has 0 aliphatic heterocycles. The number of ether oxygens (including phenoxy) is 1. The first-order valence-electron chi connectivity index (χ1n) is 6.44. The van der Waals surface area contributed by atoms with Crippen LogP contribution < -0.4 is 16.2 Å². The first-order chi connectivity index (χ1) is 9.04. The summed E-state index contributed by atoms with van der Waals surface area (Å²) >= 11 is 0. The van der Waals surface area contributed by atoms with Crippen molar-refractivity contribution in [3.8, 4) is 5.75 Å². The Morgan fingerprint density at radius 1 is 1.16 bits per heavy atom. The van der Waals surface area contributed by atoms with E-state index >= 15 is 0 Å².